The number of rotatable bonds is 21. The normalized spacial score (nSPS) is 18.7. The van der Waals surface area contributed by atoms with Gasteiger partial charge in [-0.3, -0.25) is 43.3 Å². The number of carbonyl (C=O) groups is 9. The lowest BCUT2D eigenvalue weighted by atomic mass is 10.2. The molecular weight excluding hydrogens is 744 g/mol. The number of likely N-dealkylation sites (tertiary alicyclic amines) is 1. The van der Waals surface area contributed by atoms with E-state index in [0.29, 0.717) is 19.5 Å². The molecule has 1 heterocycles. The van der Waals surface area contributed by atoms with Gasteiger partial charge in [0.1, 0.15) is 42.3 Å². The minimum atomic E-state index is -1.37. The summed E-state index contributed by atoms with van der Waals surface area (Å²) in [5.41, 5.74) is 10.9. The predicted molar refractivity (Wildman–Crippen MR) is 203 cm³/mol. The van der Waals surface area contributed by atoms with Crippen LogP contribution in [0.3, 0.4) is 0 Å². The molecule has 10 unspecified atom stereocenters. The third-order valence-electron chi connectivity index (χ3n) is 8.24. The number of amides is 7. The summed E-state index contributed by atoms with van der Waals surface area (Å²) in [4.78, 5) is 113. The Kier molecular flexibility index (Phi) is 22.4. The van der Waals surface area contributed by atoms with Crippen molar-refractivity contribution < 1.29 is 53.4 Å². The van der Waals surface area contributed by atoms with E-state index < -0.39 is 108 Å². The second kappa shape index (κ2) is 24.6. The van der Waals surface area contributed by atoms with Crippen molar-refractivity contribution in [2.75, 3.05) is 25.4 Å². The van der Waals surface area contributed by atoms with Crippen LogP contribution in [0.4, 0.5) is 0 Å². The number of carboxylic acid groups (broad SMARTS) is 2. The Balaban J connectivity index is 0.0000143. The van der Waals surface area contributed by atoms with E-state index in [1.165, 1.54) is 53.3 Å². The number of thioether (sulfide) groups is 1. The monoisotopic (exact) mass is 802 g/mol. The van der Waals surface area contributed by atoms with Crippen LogP contribution in [0.5, 0.6) is 0 Å². The lowest BCUT2D eigenvalue weighted by Crippen LogP contribution is -2.58. The van der Waals surface area contributed by atoms with Gasteiger partial charge in [-0.05, 0) is 54.9 Å². The summed E-state index contributed by atoms with van der Waals surface area (Å²) in [5, 5.41) is 35.0. The third-order valence-corrected chi connectivity index (χ3v) is 9.62. The number of hydrogen-bond donors (Lipinski definition) is 11. The van der Waals surface area contributed by atoms with E-state index in [1.807, 2.05) is 4.90 Å². The molecule has 0 aromatic rings. The maximum Gasteiger partial charge on any atom is 0.327 e. The summed E-state index contributed by atoms with van der Waals surface area (Å²) in [7, 11) is 0. The number of carboxylic acids is 2. The van der Waals surface area contributed by atoms with Crippen molar-refractivity contribution in [2.24, 2.45) is 11.5 Å². The Morgan fingerprint density at radius 2 is 1.02 bits per heavy atom. The smallest absolute Gasteiger partial charge is 0.327 e. The fraction of sp³-hybridized carbons (Fsp3) is 0.667. The number of nitrogens with two attached hydrogens (primary N) is 2. The van der Waals surface area contributed by atoms with Gasteiger partial charge in [0.05, 0.1) is 12.1 Å². The first-order valence-electron chi connectivity index (χ1n) is 17.5. The second-order valence-electron chi connectivity index (χ2n) is 12.9. The Labute approximate surface area is 324 Å². The van der Waals surface area contributed by atoms with Crippen LogP contribution in [0, 0.1) is 0 Å². The second-order valence-corrected chi connectivity index (χ2v) is 14.2. The first-order valence-corrected chi connectivity index (χ1v) is 18.5. The largest absolute Gasteiger partial charge is 0.480 e. The van der Waals surface area contributed by atoms with Gasteiger partial charge in [-0.15, -0.1) is 13.2 Å². The van der Waals surface area contributed by atoms with E-state index in [0.717, 1.165) is 0 Å². The zero-order chi connectivity index (χ0) is 42.7. The molecule has 0 aliphatic carbocycles. The van der Waals surface area contributed by atoms with Crippen LogP contribution in [-0.2, 0) is 43.2 Å². The molecule has 0 bridgehead atoms. The first-order chi connectivity index (χ1) is 25.6. The summed E-state index contributed by atoms with van der Waals surface area (Å²) in [6.07, 6.45) is 0.600. The highest BCUT2D eigenvalue weighted by Crippen LogP contribution is 2.25. The zero-order valence-electron chi connectivity index (χ0n) is 32.3. The molecule has 1 saturated heterocycles. The van der Waals surface area contributed by atoms with Crippen LogP contribution in [-0.4, -0.2) is 153 Å². The molecule has 7 amide bonds. The van der Waals surface area contributed by atoms with Gasteiger partial charge in [0.15, 0.2) is 0 Å². The van der Waals surface area contributed by atoms with Gasteiger partial charge in [-0.25, -0.2) is 4.79 Å². The Morgan fingerprint density at radius 1 is 0.618 bits per heavy atom. The first kappa shape index (κ1) is 50.2. The van der Waals surface area contributed by atoms with Crippen LogP contribution >= 0.6 is 11.8 Å². The number of nitrogens with one attached hydrogen (secondary N) is 7. The molecule has 0 aromatic carbocycles. The van der Waals surface area contributed by atoms with Gasteiger partial charge in [-0.2, -0.15) is 11.8 Å². The van der Waals surface area contributed by atoms with Crippen LogP contribution in [0.1, 0.15) is 54.9 Å². The van der Waals surface area contributed by atoms with Crippen LogP contribution in [0.25, 0.3) is 0 Å². The molecule has 0 aromatic heterocycles. The van der Waals surface area contributed by atoms with E-state index in [-0.39, 0.29) is 17.5 Å². The molecule has 0 radical (unpaired) electrons. The molecule has 1 aliphatic heterocycles. The molecular formula is C33H58N10O11S. The molecule has 0 spiro atoms. The maximum absolute atomic E-state index is 13.4. The summed E-state index contributed by atoms with van der Waals surface area (Å²) >= 11 is 1.33. The Hall–Kier alpha value is -4.80. The van der Waals surface area contributed by atoms with E-state index in [9.17, 15) is 43.2 Å². The van der Waals surface area contributed by atoms with Crippen LogP contribution in [0.15, 0.2) is 13.2 Å². The van der Waals surface area contributed by atoms with Crippen molar-refractivity contribution in [3.63, 3.8) is 0 Å². The highest BCUT2D eigenvalue weighted by molar-refractivity contribution is 8.00. The van der Waals surface area contributed by atoms with E-state index in [1.54, 1.807) is 6.92 Å². The van der Waals surface area contributed by atoms with Crippen molar-refractivity contribution in [3.05, 3.63) is 13.2 Å². The highest BCUT2D eigenvalue weighted by atomic mass is 32.2. The zero-order valence-corrected chi connectivity index (χ0v) is 33.1. The SMILES string of the molecule is C=C.CC(N)C(=O)NC(C)C(=O)NC(CSC1CCN(C(C)C(=O)NC(C)C(=O)NC(C)C(=O)O)C1)C(=O)NC(C)C(=O)NC(C)C(=O)NC(CN)C(=O)O. The van der Waals surface area contributed by atoms with E-state index in [2.05, 4.69) is 50.4 Å². The van der Waals surface area contributed by atoms with Crippen molar-refractivity contribution >= 4 is 65.1 Å². The topological polar surface area (TPSA) is 334 Å². The number of nitrogens with zero attached hydrogens (tertiary/aromatic N) is 1. The molecule has 1 aliphatic rings. The Bertz CT molecular complexity index is 1390. The molecule has 13 N–H and O–H groups in total. The van der Waals surface area contributed by atoms with Gasteiger partial charge >= 0.3 is 11.9 Å². The van der Waals surface area contributed by atoms with Crippen molar-refractivity contribution in [3.8, 4) is 0 Å². The molecule has 22 heteroatoms. The highest BCUT2D eigenvalue weighted by Gasteiger charge is 2.34. The predicted octanol–water partition coefficient (Wildman–Crippen LogP) is -4.05. The molecule has 1 fully saturated rings. The fourth-order valence-corrected chi connectivity index (χ4v) is 5.90. The summed E-state index contributed by atoms with van der Waals surface area (Å²) in [6.45, 7) is 16.4. The van der Waals surface area contributed by atoms with E-state index in [4.69, 9.17) is 21.7 Å². The minimum absolute atomic E-state index is 0.0202. The van der Waals surface area contributed by atoms with Crippen molar-refractivity contribution in [1.82, 2.24) is 42.1 Å². The maximum atomic E-state index is 13.4. The molecule has 312 valence electrons. The van der Waals surface area contributed by atoms with Gasteiger partial charge in [-0.1, -0.05) is 0 Å². The molecule has 1 rings (SSSR count). The third kappa shape index (κ3) is 17.5. The molecule has 0 saturated carbocycles. The van der Waals surface area contributed by atoms with E-state index >= 15 is 0 Å². The molecule has 21 nitrogen and oxygen atoms in total. The summed E-state index contributed by atoms with van der Waals surface area (Å²) in [5.74, 6) is -7.31. The van der Waals surface area contributed by atoms with Crippen molar-refractivity contribution in [2.45, 2.75) is 115 Å². The number of carbonyl (C=O) groups excluding carboxylic acids is 7. The lowest BCUT2D eigenvalue weighted by Gasteiger charge is -2.26. The van der Waals surface area contributed by atoms with Gasteiger partial charge in [0.25, 0.3) is 0 Å². The standard InChI is InChI=1S/C31H54N10O11S.C2H4/c1-13(33)23(42)34-16(4)27(46)40-22(29(48)37-15(3)24(43)35-17(5)26(45)39-21(10-32)31(51)52)12-53-20-8-9-41(11-20)19(7)28(47)36-14(2)25(44)38-18(6)30(49)50;1-2/h13-22H,8-12,32-33H2,1-7H3,(H,34,42)(H,35,43)(H,36,47)(H,37,48)(H,38,44)(H,39,45)(H,40,46)(H,49,50)(H,51,52);1-2H2. The average molecular weight is 803 g/mol. The van der Waals surface area contributed by atoms with Gasteiger partial charge in [0, 0.05) is 30.6 Å². The number of aliphatic carboxylic acids is 2. The molecule has 55 heavy (non-hydrogen) atoms. The number of hydrogen-bond acceptors (Lipinski definition) is 13. The van der Waals surface area contributed by atoms with Crippen LogP contribution in [0.2, 0.25) is 0 Å². The Morgan fingerprint density at radius 3 is 1.45 bits per heavy atom. The lowest BCUT2D eigenvalue weighted by molar-refractivity contribution is -0.142. The fourth-order valence-electron chi connectivity index (χ4n) is 4.63. The summed E-state index contributed by atoms with van der Waals surface area (Å²) < 4.78 is 0. The molecule has 10 atom stereocenters. The van der Waals surface area contributed by atoms with Gasteiger partial charge in [0.2, 0.25) is 41.4 Å². The van der Waals surface area contributed by atoms with Crippen LogP contribution < -0.4 is 48.7 Å². The minimum Gasteiger partial charge on any atom is -0.480 e. The van der Waals surface area contributed by atoms with Gasteiger partial charge < -0.3 is 58.9 Å². The average Bonchev–Trinajstić information content (AvgIpc) is 3.60. The van der Waals surface area contributed by atoms with Crippen molar-refractivity contribution in [1.29, 1.82) is 0 Å². The summed E-state index contributed by atoms with van der Waals surface area (Å²) in [6, 6.07) is -9.73. The quantitative estimate of drug-likeness (QED) is 0.0492.